The molecule has 2 rings (SSSR count). The zero-order valence-corrected chi connectivity index (χ0v) is 11.1. The zero-order chi connectivity index (χ0) is 12.1. The maximum absolute atomic E-state index is 6.16. The molecule has 0 aromatic carbocycles. The van der Waals surface area contributed by atoms with Gasteiger partial charge in [0.05, 0.1) is 5.02 Å². The molecule has 1 aromatic rings. The highest BCUT2D eigenvalue weighted by Gasteiger charge is 2.20. The van der Waals surface area contributed by atoms with E-state index in [0.717, 1.165) is 42.9 Å². The van der Waals surface area contributed by atoms with E-state index < -0.39 is 0 Å². The predicted molar refractivity (Wildman–Crippen MR) is 72.7 cm³/mol. The summed E-state index contributed by atoms with van der Waals surface area (Å²) in [4.78, 5) is 6.66. The van der Waals surface area contributed by atoms with E-state index in [1.54, 1.807) is 0 Å². The first-order valence-corrected chi connectivity index (χ1v) is 6.75. The van der Waals surface area contributed by atoms with Crippen LogP contribution in [0.25, 0.3) is 0 Å². The smallest absolute Gasteiger partial charge is 0.147 e. The fourth-order valence-electron chi connectivity index (χ4n) is 2.31. The summed E-state index contributed by atoms with van der Waals surface area (Å²) in [7, 11) is 0. The summed E-state index contributed by atoms with van der Waals surface area (Å²) < 4.78 is 0. The molecule has 1 saturated heterocycles. The molecule has 1 fully saturated rings. The van der Waals surface area contributed by atoms with Crippen molar-refractivity contribution in [3.63, 3.8) is 0 Å². The number of aromatic nitrogens is 1. The molecule has 0 saturated carbocycles. The zero-order valence-electron chi connectivity index (χ0n) is 10.3. The van der Waals surface area contributed by atoms with Crippen LogP contribution in [0.5, 0.6) is 0 Å². The Hall–Kier alpha value is -0.800. The summed E-state index contributed by atoms with van der Waals surface area (Å²) in [6.07, 6.45) is 4.26. The molecule has 1 aliphatic heterocycles. The van der Waals surface area contributed by atoms with Crippen molar-refractivity contribution in [1.29, 1.82) is 0 Å². The van der Waals surface area contributed by atoms with Crippen LogP contribution < -0.4 is 10.2 Å². The highest BCUT2D eigenvalue weighted by molar-refractivity contribution is 6.32. The van der Waals surface area contributed by atoms with Crippen LogP contribution in [0.1, 0.15) is 19.8 Å². The van der Waals surface area contributed by atoms with Gasteiger partial charge < -0.3 is 10.2 Å². The molecule has 0 spiro atoms. The van der Waals surface area contributed by atoms with E-state index in [2.05, 4.69) is 22.1 Å². The number of hydrogen-bond acceptors (Lipinski definition) is 3. The number of hydrogen-bond donors (Lipinski definition) is 1. The minimum Gasteiger partial charge on any atom is -0.355 e. The molecular weight excluding hydrogens is 234 g/mol. The van der Waals surface area contributed by atoms with Crippen LogP contribution >= 0.6 is 11.6 Å². The Morgan fingerprint density at radius 2 is 2.24 bits per heavy atom. The Bertz CT molecular complexity index is 348. The van der Waals surface area contributed by atoms with Crippen LogP contribution in [-0.4, -0.2) is 31.2 Å². The van der Waals surface area contributed by atoms with E-state index in [-0.39, 0.29) is 0 Å². The molecule has 0 aliphatic carbocycles. The van der Waals surface area contributed by atoms with E-state index in [4.69, 9.17) is 11.6 Å². The van der Waals surface area contributed by atoms with E-state index in [0.29, 0.717) is 0 Å². The molecule has 4 heteroatoms. The van der Waals surface area contributed by atoms with Gasteiger partial charge in [0.25, 0.3) is 0 Å². The summed E-state index contributed by atoms with van der Waals surface area (Å²) in [5.41, 5.74) is 0. The minimum absolute atomic E-state index is 0.762. The van der Waals surface area contributed by atoms with Gasteiger partial charge in [-0.15, -0.1) is 0 Å². The lowest BCUT2D eigenvalue weighted by Gasteiger charge is -2.33. The Labute approximate surface area is 108 Å². The minimum atomic E-state index is 0.762. The van der Waals surface area contributed by atoms with E-state index >= 15 is 0 Å². The first kappa shape index (κ1) is 12.7. The predicted octanol–water partition coefficient (Wildman–Crippen LogP) is 2.56. The van der Waals surface area contributed by atoms with Gasteiger partial charge in [0.1, 0.15) is 5.82 Å². The number of rotatable bonds is 4. The molecule has 0 bridgehead atoms. The summed E-state index contributed by atoms with van der Waals surface area (Å²) >= 11 is 6.16. The molecule has 1 aromatic heterocycles. The first-order valence-electron chi connectivity index (χ1n) is 6.37. The molecule has 0 atom stereocenters. The number of halogens is 1. The van der Waals surface area contributed by atoms with Gasteiger partial charge in [-0.25, -0.2) is 4.98 Å². The number of anilines is 1. The summed E-state index contributed by atoms with van der Waals surface area (Å²) in [5.74, 6) is 1.74. The monoisotopic (exact) mass is 253 g/mol. The lowest BCUT2D eigenvalue weighted by atomic mass is 9.97. The van der Waals surface area contributed by atoms with Gasteiger partial charge in [0, 0.05) is 19.3 Å². The van der Waals surface area contributed by atoms with Crippen molar-refractivity contribution >= 4 is 17.4 Å². The summed E-state index contributed by atoms with van der Waals surface area (Å²) in [6, 6.07) is 3.79. The third kappa shape index (κ3) is 3.33. The molecule has 17 heavy (non-hydrogen) atoms. The van der Waals surface area contributed by atoms with Crippen molar-refractivity contribution in [2.45, 2.75) is 19.8 Å². The molecule has 1 aliphatic rings. The van der Waals surface area contributed by atoms with E-state index in [1.165, 1.54) is 12.8 Å². The molecule has 94 valence electrons. The largest absolute Gasteiger partial charge is 0.355 e. The normalized spacial score (nSPS) is 17.4. The van der Waals surface area contributed by atoms with Crippen LogP contribution in [0.4, 0.5) is 5.82 Å². The standard InChI is InChI=1S/C13H20ClN3/c1-2-15-10-11-5-8-17(9-6-11)13-12(14)4-3-7-16-13/h3-4,7,11,15H,2,5-6,8-10H2,1H3. The van der Waals surface area contributed by atoms with Crippen LogP contribution in [0.2, 0.25) is 5.02 Å². The van der Waals surface area contributed by atoms with Crippen molar-refractivity contribution in [2.24, 2.45) is 5.92 Å². The SMILES string of the molecule is CCNCC1CCN(c2ncccc2Cl)CC1. The van der Waals surface area contributed by atoms with Gasteiger partial charge in [-0.2, -0.15) is 0 Å². The molecule has 0 unspecified atom stereocenters. The Morgan fingerprint density at radius 1 is 1.47 bits per heavy atom. The molecule has 3 nitrogen and oxygen atoms in total. The number of pyridine rings is 1. The number of nitrogens with zero attached hydrogens (tertiary/aromatic N) is 2. The third-order valence-corrected chi connectivity index (χ3v) is 3.63. The lowest BCUT2D eigenvalue weighted by Crippen LogP contribution is -2.37. The molecular formula is C13H20ClN3. The first-order chi connectivity index (χ1) is 8.31. The Balaban J connectivity index is 1.89. The lowest BCUT2D eigenvalue weighted by molar-refractivity contribution is 0.385. The Morgan fingerprint density at radius 3 is 2.88 bits per heavy atom. The average molecular weight is 254 g/mol. The van der Waals surface area contributed by atoms with Crippen molar-refractivity contribution in [2.75, 3.05) is 31.1 Å². The van der Waals surface area contributed by atoms with Gasteiger partial charge in [0.2, 0.25) is 0 Å². The van der Waals surface area contributed by atoms with Gasteiger partial charge in [-0.05, 0) is 44.0 Å². The van der Waals surface area contributed by atoms with Gasteiger partial charge in [0.15, 0.2) is 0 Å². The van der Waals surface area contributed by atoms with Gasteiger partial charge in [-0.1, -0.05) is 18.5 Å². The molecule has 0 amide bonds. The van der Waals surface area contributed by atoms with Crippen molar-refractivity contribution < 1.29 is 0 Å². The van der Waals surface area contributed by atoms with Crippen molar-refractivity contribution in [3.8, 4) is 0 Å². The van der Waals surface area contributed by atoms with Gasteiger partial charge >= 0.3 is 0 Å². The Kier molecular flexibility index (Phi) is 4.63. The maximum atomic E-state index is 6.16. The van der Waals surface area contributed by atoms with E-state index in [9.17, 15) is 0 Å². The molecule has 1 N–H and O–H groups in total. The summed E-state index contributed by atoms with van der Waals surface area (Å²) in [6.45, 7) is 6.48. The highest BCUT2D eigenvalue weighted by atomic mass is 35.5. The number of nitrogens with one attached hydrogen (secondary N) is 1. The summed E-state index contributed by atoms with van der Waals surface area (Å²) in [5, 5.41) is 4.19. The second-order valence-electron chi connectivity index (χ2n) is 4.55. The average Bonchev–Trinajstić information content (AvgIpc) is 2.38. The van der Waals surface area contributed by atoms with Crippen LogP contribution in [0.3, 0.4) is 0 Å². The maximum Gasteiger partial charge on any atom is 0.147 e. The topological polar surface area (TPSA) is 28.2 Å². The van der Waals surface area contributed by atoms with Crippen LogP contribution in [-0.2, 0) is 0 Å². The highest BCUT2D eigenvalue weighted by Crippen LogP contribution is 2.26. The van der Waals surface area contributed by atoms with E-state index in [1.807, 2.05) is 18.3 Å². The van der Waals surface area contributed by atoms with Crippen LogP contribution in [0.15, 0.2) is 18.3 Å². The second kappa shape index (κ2) is 6.22. The molecule has 2 heterocycles. The van der Waals surface area contributed by atoms with Crippen molar-refractivity contribution in [3.05, 3.63) is 23.4 Å². The molecule has 0 radical (unpaired) electrons. The van der Waals surface area contributed by atoms with Crippen LogP contribution in [0, 0.1) is 5.92 Å². The second-order valence-corrected chi connectivity index (χ2v) is 4.95. The van der Waals surface area contributed by atoms with Crippen molar-refractivity contribution in [1.82, 2.24) is 10.3 Å². The van der Waals surface area contributed by atoms with Gasteiger partial charge in [-0.3, -0.25) is 0 Å². The quantitative estimate of drug-likeness (QED) is 0.894. The number of piperidine rings is 1. The fourth-order valence-corrected chi connectivity index (χ4v) is 2.55. The third-order valence-electron chi connectivity index (χ3n) is 3.34. The fraction of sp³-hybridized carbons (Fsp3) is 0.615.